The topological polar surface area (TPSA) is 12.9 Å². The molecule has 0 N–H and O–H groups in total. The number of rotatable bonds is 3. The van der Waals surface area contributed by atoms with E-state index in [1.807, 2.05) is 5.51 Å². The molecule has 0 bridgehead atoms. The number of nitrogens with zero attached hydrogens (tertiary/aromatic N) is 1. The van der Waals surface area contributed by atoms with Gasteiger partial charge < -0.3 is 0 Å². The van der Waals surface area contributed by atoms with Crippen molar-refractivity contribution in [2.24, 2.45) is 0 Å². The molecule has 0 amide bonds. The summed E-state index contributed by atoms with van der Waals surface area (Å²) in [4.78, 5) is 4.42. The Morgan fingerprint density at radius 3 is 2.63 bits per heavy atom. The molecule has 0 aliphatic rings. The van der Waals surface area contributed by atoms with Gasteiger partial charge in [-0.25, -0.2) is 0 Å². The fourth-order valence-corrected chi connectivity index (χ4v) is 5.03. The van der Waals surface area contributed by atoms with Crippen molar-refractivity contribution in [2.45, 2.75) is 6.92 Å². The van der Waals surface area contributed by atoms with Gasteiger partial charge in [0, 0.05) is 0 Å². The molecule has 94 valence electrons. The number of benzene rings is 2. The second kappa shape index (κ2) is 5.70. The minimum atomic E-state index is 0.275. The molecular formula is C16H13NSSe. The van der Waals surface area contributed by atoms with Crippen molar-refractivity contribution < 1.29 is 0 Å². The van der Waals surface area contributed by atoms with Crippen molar-refractivity contribution in [1.29, 1.82) is 0 Å². The second-order valence-electron chi connectivity index (χ2n) is 4.29. The van der Waals surface area contributed by atoms with Crippen LogP contribution in [0.15, 0.2) is 59.4 Å². The normalized spacial score (nSPS) is 10.6. The number of hydrogen-bond acceptors (Lipinski definition) is 2. The Labute approximate surface area is 123 Å². The Hall–Kier alpha value is -1.41. The molecule has 0 atom stereocenters. The van der Waals surface area contributed by atoms with Gasteiger partial charge in [0.05, 0.1) is 0 Å². The van der Waals surface area contributed by atoms with Gasteiger partial charge in [0.2, 0.25) is 0 Å². The number of hydrogen-bond donors (Lipinski definition) is 0. The predicted octanol–water partition coefficient (Wildman–Crippen LogP) is 2.77. The van der Waals surface area contributed by atoms with E-state index in [9.17, 15) is 0 Å². The molecule has 19 heavy (non-hydrogen) atoms. The monoisotopic (exact) mass is 331 g/mol. The summed E-state index contributed by atoms with van der Waals surface area (Å²) in [6.45, 7) is 2.15. The first-order chi connectivity index (χ1) is 9.33. The van der Waals surface area contributed by atoms with Crippen molar-refractivity contribution in [3.63, 3.8) is 0 Å². The zero-order valence-electron chi connectivity index (χ0n) is 10.5. The summed E-state index contributed by atoms with van der Waals surface area (Å²) in [5.74, 6) is 0. The van der Waals surface area contributed by atoms with E-state index in [0.717, 1.165) is 0 Å². The third-order valence-corrected chi connectivity index (χ3v) is 5.85. The average Bonchev–Trinajstić information content (AvgIpc) is 2.93. The molecule has 0 aliphatic heterocycles. The van der Waals surface area contributed by atoms with Gasteiger partial charge in [-0.3, -0.25) is 0 Å². The van der Waals surface area contributed by atoms with Crippen molar-refractivity contribution in [3.05, 3.63) is 65.0 Å². The van der Waals surface area contributed by atoms with E-state index in [-0.39, 0.29) is 15.0 Å². The Morgan fingerprint density at radius 1 is 1.05 bits per heavy atom. The summed E-state index contributed by atoms with van der Waals surface area (Å²) in [5.41, 5.74) is 5.84. The summed E-state index contributed by atoms with van der Waals surface area (Å²) in [6.07, 6.45) is 0. The van der Waals surface area contributed by atoms with Gasteiger partial charge in [-0.15, -0.1) is 0 Å². The van der Waals surface area contributed by atoms with E-state index in [1.54, 1.807) is 11.3 Å². The quantitative estimate of drug-likeness (QED) is 0.673. The second-order valence-corrected chi connectivity index (χ2v) is 7.24. The summed E-state index contributed by atoms with van der Waals surface area (Å²) >= 11 is 1.94. The van der Waals surface area contributed by atoms with E-state index in [2.05, 4.69) is 65.8 Å². The van der Waals surface area contributed by atoms with Gasteiger partial charge >= 0.3 is 123 Å². The molecule has 0 saturated heterocycles. The van der Waals surface area contributed by atoms with E-state index < -0.39 is 0 Å². The average molecular weight is 330 g/mol. The number of aromatic nitrogens is 1. The van der Waals surface area contributed by atoms with Crippen LogP contribution < -0.4 is 9.05 Å². The van der Waals surface area contributed by atoms with Crippen LogP contribution in [0.2, 0.25) is 0 Å². The summed E-state index contributed by atoms with van der Waals surface area (Å²) in [6, 6.07) is 17.3. The molecule has 3 aromatic rings. The molecule has 2 aromatic carbocycles. The summed E-state index contributed by atoms with van der Waals surface area (Å²) in [5, 5.41) is 2.15. The van der Waals surface area contributed by atoms with Crippen molar-refractivity contribution in [3.8, 4) is 11.1 Å². The molecular weight excluding hydrogens is 317 g/mol. The van der Waals surface area contributed by atoms with Crippen LogP contribution in [0.5, 0.6) is 0 Å². The molecule has 0 radical (unpaired) electrons. The van der Waals surface area contributed by atoms with Crippen LogP contribution >= 0.6 is 11.3 Å². The standard InChI is InChI=1S/C16H13NSSe/c1-12-7-8-14(13-5-3-2-4-6-13)15(9-12)19-16-10-18-11-17-16/h2-11H,1H3. The Balaban J connectivity index is 2.04. The van der Waals surface area contributed by atoms with Crippen LogP contribution in [0, 0.1) is 6.92 Å². The van der Waals surface area contributed by atoms with E-state index in [1.165, 1.54) is 25.7 Å². The molecule has 1 nitrogen and oxygen atoms in total. The number of aryl methyl sites for hydroxylation is 1. The van der Waals surface area contributed by atoms with Crippen molar-refractivity contribution >= 4 is 35.3 Å². The molecule has 1 heterocycles. The molecule has 0 aliphatic carbocycles. The molecule has 0 saturated carbocycles. The third kappa shape index (κ3) is 2.95. The fourth-order valence-electron chi connectivity index (χ4n) is 1.93. The molecule has 0 unspecified atom stereocenters. The predicted molar refractivity (Wildman–Crippen MR) is 83.8 cm³/mol. The van der Waals surface area contributed by atoms with E-state index >= 15 is 0 Å². The maximum absolute atomic E-state index is 4.42. The zero-order chi connectivity index (χ0) is 13.1. The van der Waals surface area contributed by atoms with Gasteiger partial charge in [-0.1, -0.05) is 0 Å². The van der Waals surface area contributed by atoms with E-state index in [4.69, 9.17) is 0 Å². The fraction of sp³-hybridized carbons (Fsp3) is 0.0625. The van der Waals surface area contributed by atoms with Crippen molar-refractivity contribution in [1.82, 2.24) is 4.98 Å². The Bertz CT molecular complexity index is 662. The van der Waals surface area contributed by atoms with Crippen LogP contribution in [-0.4, -0.2) is 19.9 Å². The van der Waals surface area contributed by atoms with Gasteiger partial charge in [0.25, 0.3) is 0 Å². The van der Waals surface area contributed by atoms with Crippen LogP contribution in [-0.2, 0) is 0 Å². The first kappa shape index (κ1) is 12.6. The van der Waals surface area contributed by atoms with Gasteiger partial charge in [0.1, 0.15) is 0 Å². The van der Waals surface area contributed by atoms with E-state index in [0.29, 0.717) is 0 Å². The minimum absolute atomic E-state index is 0.275. The van der Waals surface area contributed by atoms with Gasteiger partial charge in [0.15, 0.2) is 0 Å². The van der Waals surface area contributed by atoms with Crippen molar-refractivity contribution in [2.75, 3.05) is 0 Å². The maximum atomic E-state index is 4.42. The van der Waals surface area contributed by atoms with Gasteiger partial charge in [-0.2, -0.15) is 0 Å². The summed E-state index contributed by atoms with van der Waals surface area (Å²) in [7, 11) is 0. The van der Waals surface area contributed by atoms with Crippen LogP contribution in [0.1, 0.15) is 5.56 Å². The first-order valence-corrected chi connectivity index (χ1v) is 8.70. The summed E-state index contributed by atoms with van der Waals surface area (Å²) < 4.78 is 2.62. The van der Waals surface area contributed by atoms with Crippen LogP contribution in [0.4, 0.5) is 0 Å². The van der Waals surface area contributed by atoms with Gasteiger partial charge in [-0.05, 0) is 0 Å². The zero-order valence-corrected chi connectivity index (χ0v) is 13.1. The third-order valence-electron chi connectivity index (χ3n) is 2.85. The first-order valence-electron chi connectivity index (χ1n) is 6.05. The van der Waals surface area contributed by atoms with Crippen LogP contribution in [0.25, 0.3) is 11.1 Å². The molecule has 3 heteroatoms. The molecule has 1 aromatic heterocycles. The Kier molecular flexibility index (Phi) is 3.79. The number of thiazole rings is 1. The molecule has 0 spiro atoms. The van der Waals surface area contributed by atoms with Crippen LogP contribution in [0.3, 0.4) is 0 Å². The molecule has 3 rings (SSSR count). The Morgan fingerprint density at radius 2 is 1.89 bits per heavy atom. The SMILES string of the molecule is Cc1ccc(-c2ccccc2)c([Se]c2cscn2)c1. The molecule has 0 fully saturated rings.